The topological polar surface area (TPSA) is 9.23 Å². The largest absolute Gasteiger partial charge is 0.497 e. The fourth-order valence-corrected chi connectivity index (χ4v) is 2.25. The molecule has 0 aromatic heterocycles. The Morgan fingerprint density at radius 1 is 1.06 bits per heavy atom. The molecule has 0 aliphatic heterocycles. The lowest BCUT2D eigenvalue weighted by molar-refractivity contribution is 0.414. The molecule has 16 heavy (non-hydrogen) atoms. The molecule has 0 fully saturated rings. The van der Waals surface area contributed by atoms with E-state index in [1.807, 2.05) is 12.1 Å². The maximum Gasteiger partial charge on any atom is 0.118 e. The van der Waals surface area contributed by atoms with Gasteiger partial charge in [-0.25, -0.2) is 0 Å². The Labute approximate surface area is 98.1 Å². The number of benzene rings is 1. The number of ether oxygens (including phenoxy) is 1. The predicted octanol–water partition coefficient (Wildman–Crippen LogP) is 4.13. The molecule has 0 unspecified atom stereocenters. The lowest BCUT2D eigenvalue weighted by Gasteiger charge is -2.06. The summed E-state index contributed by atoms with van der Waals surface area (Å²) in [5, 5.41) is 0. The van der Waals surface area contributed by atoms with Gasteiger partial charge in [0.15, 0.2) is 0 Å². The zero-order chi connectivity index (χ0) is 11.2. The van der Waals surface area contributed by atoms with Crippen LogP contribution in [0.2, 0.25) is 0 Å². The molecular formula is C15H20O. The van der Waals surface area contributed by atoms with Gasteiger partial charge in [-0.15, -0.1) is 0 Å². The molecule has 2 rings (SSSR count). The summed E-state index contributed by atoms with van der Waals surface area (Å²) in [4.78, 5) is 0. The lowest BCUT2D eigenvalue weighted by Crippen LogP contribution is -1.91. The van der Waals surface area contributed by atoms with Gasteiger partial charge in [-0.2, -0.15) is 0 Å². The molecule has 1 aromatic rings. The van der Waals surface area contributed by atoms with E-state index in [-0.39, 0.29) is 0 Å². The van der Waals surface area contributed by atoms with E-state index in [4.69, 9.17) is 4.74 Å². The van der Waals surface area contributed by atoms with Crippen LogP contribution in [0.1, 0.15) is 37.7 Å². The summed E-state index contributed by atoms with van der Waals surface area (Å²) in [6.45, 7) is 0. The molecule has 0 atom stereocenters. The highest BCUT2D eigenvalue weighted by Gasteiger charge is 2.04. The van der Waals surface area contributed by atoms with Gasteiger partial charge in [0, 0.05) is 0 Å². The van der Waals surface area contributed by atoms with Gasteiger partial charge in [0.2, 0.25) is 0 Å². The predicted molar refractivity (Wildman–Crippen MR) is 67.9 cm³/mol. The molecule has 0 saturated heterocycles. The summed E-state index contributed by atoms with van der Waals surface area (Å²) in [5.74, 6) is 0.943. The van der Waals surface area contributed by atoms with Crippen LogP contribution in [0.25, 0.3) is 0 Å². The highest BCUT2D eigenvalue weighted by Crippen LogP contribution is 2.21. The van der Waals surface area contributed by atoms with E-state index in [9.17, 15) is 0 Å². The maximum absolute atomic E-state index is 5.16. The molecule has 1 aromatic carbocycles. The summed E-state index contributed by atoms with van der Waals surface area (Å²) < 4.78 is 5.16. The SMILES string of the molecule is COc1ccc(CC2=CCCCCC2)cc1. The van der Waals surface area contributed by atoms with Crippen LogP contribution in [0, 0.1) is 0 Å². The van der Waals surface area contributed by atoms with Gasteiger partial charge in [-0.3, -0.25) is 0 Å². The minimum absolute atomic E-state index is 0.943. The molecule has 0 radical (unpaired) electrons. The second-order valence-electron chi connectivity index (χ2n) is 4.49. The van der Waals surface area contributed by atoms with Gasteiger partial charge in [0.1, 0.15) is 5.75 Å². The van der Waals surface area contributed by atoms with Gasteiger partial charge >= 0.3 is 0 Å². The van der Waals surface area contributed by atoms with Crippen LogP contribution in [0.3, 0.4) is 0 Å². The molecular weight excluding hydrogens is 196 g/mol. The van der Waals surface area contributed by atoms with Gasteiger partial charge in [-0.05, 0) is 49.8 Å². The third kappa shape index (κ3) is 3.13. The van der Waals surface area contributed by atoms with Crippen LogP contribution >= 0.6 is 0 Å². The number of hydrogen-bond donors (Lipinski definition) is 0. The van der Waals surface area contributed by atoms with E-state index in [0.717, 1.165) is 12.2 Å². The summed E-state index contributed by atoms with van der Waals surface area (Å²) in [6, 6.07) is 8.44. The molecule has 1 nitrogen and oxygen atoms in total. The van der Waals surface area contributed by atoms with Gasteiger partial charge in [0.05, 0.1) is 7.11 Å². The van der Waals surface area contributed by atoms with Crippen molar-refractivity contribution in [1.29, 1.82) is 0 Å². The molecule has 86 valence electrons. The van der Waals surface area contributed by atoms with E-state index in [1.165, 1.54) is 37.7 Å². The van der Waals surface area contributed by atoms with E-state index in [1.54, 1.807) is 12.7 Å². The molecule has 1 heteroatoms. The third-order valence-corrected chi connectivity index (χ3v) is 3.23. The van der Waals surface area contributed by atoms with Crippen LogP contribution < -0.4 is 4.74 Å². The highest BCUT2D eigenvalue weighted by atomic mass is 16.5. The van der Waals surface area contributed by atoms with Crippen LogP contribution in [0.4, 0.5) is 0 Å². The van der Waals surface area contributed by atoms with Crippen molar-refractivity contribution in [2.24, 2.45) is 0 Å². The zero-order valence-electron chi connectivity index (χ0n) is 10.0. The monoisotopic (exact) mass is 216 g/mol. The van der Waals surface area contributed by atoms with Gasteiger partial charge in [-0.1, -0.05) is 30.2 Å². The number of allylic oxidation sites excluding steroid dienone is 2. The minimum atomic E-state index is 0.943. The quantitative estimate of drug-likeness (QED) is 0.690. The molecule has 0 spiro atoms. The second-order valence-corrected chi connectivity index (χ2v) is 4.49. The van der Waals surface area contributed by atoms with Gasteiger partial charge < -0.3 is 4.74 Å². The average molecular weight is 216 g/mol. The van der Waals surface area contributed by atoms with Crippen molar-refractivity contribution >= 4 is 0 Å². The zero-order valence-corrected chi connectivity index (χ0v) is 10.0. The minimum Gasteiger partial charge on any atom is -0.497 e. The smallest absolute Gasteiger partial charge is 0.118 e. The van der Waals surface area contributed by atoms with Crippen molar-refractivity contribution < 1.29 is 4.74 Å². The number of hydrogen-bond acceptors (Lipinski definition) is 1. The van der Waals surface area contributed by atoms with E-state index in [2.05, 4.69) is 18.2 Å². The fraction of sp³-hybridized carbons (Fsp3) is 0.467. The summed E-state index contributed by atoms with van der Waals surface area (Å²) in [7, 11) is 1.71. The third-order valence-electron chi connectivity index (χ3n) is 3.23. The normalized spacial score (nSPS) is 16.4. The van der Waals surface area contributed by atoms with Crippen LogP contribution in [-0.2, 0) is 6.42 Å². The van der Waals surface area contributed by atoms with Crippen molar-refractivity contribution in [1.82, 2.24) is 0 Å². The Balaban J connectivity index is 1.99. The van der Waals surface area contributed by atoms with Crippen molar-refractivity contribution in [3.8, 4) is 5.75 Å². The van der Waals surface area contributed by atoms with Crippen molar-refractivity contribution in [2.45, 2.75) is 38.5 Å². The van der Waals surface area contributed by atoms with Crippen molar-refractivity contribution in [2.75, 3.05) is 7.11 Å². The Kier molecular flexibility index (Phi) is 4.03. The first kappa shape index (κ1) is 11.3. The summed E-state index contributed by atoms with van der Waals surface area (Å²) in [5.41, 5.74) is 3.01. The molecule has 1 aliphatic rings. The standard InChI is InChI=1S/C15H20O/c1-16-15-10-8-14(9-11-15)12-13-6-4-2-3-5-7-13/h6,8-11H,2-5,7,12H2,1H3. The number of methoxy groups -OCH3 is 1. The van der Waals surface area contributed by atoms with Crippen LogP contribution in [0.5, 0.6) is 5.75 Å². The Morgan fingerprint density at radius 2 is 1.88 bits per heavy atom. The van der Waals surface area contributed by atoms with E-state index in [0.29, 0.717) is 0 Å². The van der Waals surface area contributed by atoms with E-state index >= 15 is 0 Å². The first-order valence-electron chi connectivity index (χ1n) is 6.19. The maximum atomic E-state index is 5.16. The first-order valence-corrected chi connectivity index (χ1v) is 6.19. The first-order chi connectivity index (χ1) is 7.88. The summed E-state index contributed by atoms with van der Waals surface area (Å²) in [6.07, 6.45) is 10.2. The molecule has 0 saturated carbocycles. The van der Waals surface area contributed by atoms with Crippen molar-refractivity contribution in [3.63, 3.8) is 0 Å². The molecule has 0 N–H and O–H groups in total. The molecule has 0 heterocycles. The second kappa shape index (κ2) is 5.74. The van der Waals surface area contributed by atoms with Crippen LogP contribution in [-0.4, -0.2) is 7.11 Å². The highest BCUT2D eigenvalue weighted by molar-refractivity contribution is 5.30. The Morgan fingerprint density at radius 3 is 2.62 bits per heavy atom. The van der Waals surface area contributed by atoms with Crippen molar-refractivity contribution in [3.05, 3.63) is 41.5 Å². The summed E-state index contributed by atoms with van der Waals surface area (Å²) >= 11 is 0. The number of rotatable bonds is 3. The van der Waals surface area contributed by atoms with Gasteiger partial charge in [0.25, 0.3) is 0 Å². The van der Waals surface area contributed by atoms with Crippen LogP contribution in [0.15, 0.2) is 35.9 Å². The Hall–Kier alpha value is -1.24. The van der Waals surface area contributed by atoms with E-state index < -0.39 is 0 Å². The molecule has 0 amide bonds. The molecule has 1 aliphatic carbocycles. The molecule has 0 bridgehead atoms. The Bertz CT molecular complexity index is 348. The fourth-order valence-electron chi connectivity index (χ4n) is 2.25. The average Bonchev–Trinajstić information content (AvgIpc) is 2.59. The lowest BCUT2D eigenvalue weighted by atomic mass is 10.0.